The van der Waals surface area contributed by atoms with E-state index in [4.69, 9.17) is 18.5 Å². The van der Waals surface area contributed by atoms with Crippen LogP contribution in [-0.2, 0) is 32.7 Å². The van der Waals surface area contributed by atoms with Crippen LogP contribution in [0.5, 0.6) is 0 Å². The third kappa shape index (κ3) is 63.3. The van der Waals surface area contributed by atoms with Crippen LogP contribution in [0.4, 0.5) is 0 Å². The molecule has 0 aliphatic rings. The number of carbonyl (C=O) groups excluding carboxylic acids is 2. The summed E-state index contributed by atoms with van der Waals surface area (Å²) in [7, 11) is 1.18. The molecule has 0 saturated carbocycles. The van der Waals surface area contributed by atoms with Crippen molar-refractivity contribution in [2.24, 2.45) is 0 Å². The molecule has 0 aromatic carbocycles. The predicted molar refractivity (Wildman–Crippen MR) is 328 cm³/mol. The third-order valence-electron chi connectivity index (χ3n) is 14.9. The van der Waals surface area contributed by atoms with E-state index in [0.717, 1.165) is 44.9 Å². The Kier molecular flexibility index (Phi) is 57.5. The van der Waals surface area contributed by atoms with Crippen molar-refractivity contribution < 1.29 is 42.1 Å². The first-order valence-corrected chi connectivity index (χ1v) is 34.7. The van der Waals surface area contributed by atoms with Gasteiger partial charge in [0.1, 0.15) is 19.8 Å². The summed E-state index contributed by atoms with van der Waals surface area (Å²) >= 11 is 0. The standard InChI is InChI=1S/C67H128NO8P/c1-6-8-10-12-14-16-18-20-22-24-26-27-28-29-30-31-32-33-34-35-36-37-38-39-40-41-42-44-46-48-50-52-54-56-58-60-67(70)76-65(64-75-77(71,72)74-62-61-68(3,4)5)63-73-66(69)59-57-55-53-51-49-47-45-43-25-23-21-19-17-15-13-11-9-7-2/h18,20,23-26,65H,6-17,19,21-22,27-64H2,1-5H3/b20-18-,25-23-,26-24-. The van der Waals surface area contributed by atoms with Gasteiger partial charge in [0.2, 0.25) is 0 Å². The maximum absolute atomic E-state index is 12.8. The summed E-state index contributed by atoms with van der Waals surface area (Å²) in [6.45, 7) is 4.27. The number of phosphoric acid groups is 1. The second-order valence-electron chi connectivity index (χ2n) is 23.8. The zero-order valence-corrected chi connectivity index (χ0v) is 52.6. The topological polar surface area (TPSA) is 111 Å². The molecule has 0 rings (SSSR count). The van der Waals surface area contributed by atoms with Gasteiger partial charge in [0.05, 0.1) is 27.7 Å². The van der Waals surface area contributed by atoms with Gasteiger partial charge in [-0.05, 0) is 70.6 Å². The third-order valence-corrected chi connectivity index (χ3v) is 15.8. The number of ether oxygens (including phenoxy) is 2. The van der Waals surface area contributed by atoms with Gasteiger partial charge in [-0.15, -0.1) is 0 Å². The molecule has 2 atom stereocenters. The molecule has 0 saturated heterocycles. The van der Waals surface area contributed by atoms with Crippen molar-refractivity contribution in [2.75, 3.05) is 47.5 Å². The second-order valence-corrected chi connectivity index (χ2v) is 25.2. The Morgan fingerprint density at radius 3 is 1.04 bits per heavy atom. The highest BCUT2D eigenvalue weighted by atomic mass is 31.2. The van der Waals surface area contributed by atoms with Crippen molar-refractivity contribution >= 4 is 19.8 Å². The molecule has 0 N–H and O–H groups in total. The number of hydrogen-bond acceptors (Lipinski definition) is 8. The molecule has 0 amide bonds. The van der Waals surface area contributed by atoms with Gasteiger partial charge < -0.3 is 27.9 Å². The van der Waals surface area contributed by atoms with E-state index in [2.05, 4.69) is 50.3 Å². The summed E-state index contributed by atoms with van der Waals surface area (Å²) in [5.74, 6) is -0.821. The molecule has 0 aliphatic carbocycles. The lowest BCUT2D eigenvalue weighted by molar-refractivity contribution is -0.870. The van der Waals surface area contributed by atoms with Crippen LogP contribution in [0.2, 0.25) is 0 Å². The minimum Gasteiger partial charge on any atom is -0.756 e. The SMILES string of the molecule is CCCCCCC/C=C\C/C=C\CCCCCCCCCCCCCCCCCCCCCCCCCC(=O)OC(COC(=O)CCCCCCCCC/C=C\CCCCCCCCC)COP(=O)([O-])OCC[N+](C)(C)C. The maximum atomic E-state index is 12.8. The van der Waals surface area contributed by atoms with Crippen LogP contribution in [-0.4, -0.2) is 70.0 Å². The second kappa shape index (κ2) is 58.9. The first-order chi connectivity index (χ1) is 37.5. The van der Waals surface area contributed by atoms with Gasteiger partial charge in [-0.25, -0.2) is 0 Å². The van der Waals surface area contributed by atoms with E-state index >= 15 is 0 Å². The molecule has 0 radical (unpaired) electrons. The number of likely N-dealkylation sites (N-methyl/N-ethyl adjacent to an activating group) is 1. The number of allylic oxidation sites excluding steroid dienone is 6. The molecule has 0 spiro atoms. The quantitative estimate of drug-likeness (QED) is 0.0195. The summed E-state index contributed by atoms with van der Waals surface area (Å²) in [4.78, 5) is 37.9. The van der Waals surface area contributed by atoms with E-state index in [1.165, 1.54) is 250 Å². The van der Waals surface area contributed by atoms with Crippen molar-refractivity contribution in [3.05, 3.63) is 36.5 Å². The van der Waals surface area contributed by atoms with Gasteiger partial charge in [-0.2, -0.15) is 0 Å². The molecule has 77 heavy (non-hydrogen) atoms. The molecule has 0 aliphatic heterocycles. The Morgan fingerprint density at radius 2 is 0.701 bits per heavy atom. The zero-order valence-electron chi connectivity index (χ0n) is 51.7. The van der Waals surface area contributed by atoms with Gasteiger partial charge in [0.25, 0.3) is 7.82 Å². The lowest BCUT2D eigenvalue weighted by atomic mass is 10.0. The van der Waals surface area contributed by atoms with Crippen LogP contribution < -0.4 is 4.89 Å². The average molecular weight is 1110 g/mol. The van der Waals surface area contributed by atoms with Crippen molar-refractivity contribution in [3.8, 4) is 0 Å². The first kappa shape index (κ1) is 75.2. The normalized spacial score (nSPS) is 13.4. The molecular formula is C67H128NO8P. The monoisotopic (exact) mass is 1110 g/mol. The van der Waals surface area contributed by atoms with E-state index in [0.29, 0.717) is 17.4 Å². The minimum absolute atomic E-state index is 0.0291. The molecule has 0 aromatic heterocycles. The lowest BCUT2D eigenvalue weighted by Gasteiger charge is -2.28. The average Bonchev–Trinajstić information content (AvgIpc) is 3.39. The Bertz CT molecular complexity index is 1390. The predicted octanol–water partition coefficient (Wildman–Crippen LogP) is 20.5. The van der Waals surface area contributed by atoms with E-state index < -0.39 is 26.5 Å². The van der Waals surface area contributed by atoms with Crippen LogP contribution in [0.3, 0.4) is 0 Å². The molecule has 0 heterocycles. The van der Waals surface area contributed by atoms with Gasteiger partial charge in [0, 0.05) is 12.8 Å². The fourth-order valence-electron chi connectivity index (χ4n) is 9.74. The minimum atomic E-state index is -4.64. The Labute approximate surface area is 478 Å². The largest absolute Gasteiger partial charge is 0.756 e. The van der Waals surface area contributed by atoms with E-state index in [1.807, 2.05) is 21.1 Å². The number of phosphoric ester groups is 1. The highest BCUT2D eigenvalue weighted by Crippen LogP contribution is 2.38. The van der Waals surface area contributed by atoms with E-state index in [1.54, 1.807) is 0 Å². The number of hydrogen-bond donors (Lipinski definition) is 0. The number of esters is 2. The zero-order chi connectivity index (χ0) is 56.3. The number of nitrogens with zero attached hydrogens (tertiary/aromatic N) is 1. The molecule has 0 aromatic rings. The highest BCUT2D eigenvalue weighted by Gasteiger charge is 2.22. The van der Waals surface area contributed by atoms with Crippen LogP contribution in [0.15, 0.2) is 36.5 Å². The number of unbranched alkanes of at least 4 members (excludes halogenated alkanes) is 42. The summed E-state index contributed by atoms with van der Waals surface area (Å²) in [6, 6.07) is 0. The molecule has 10 heteroatoms. The van der Waals surface area contributed by atoms with Crippen LogP contribution in [0.1, 0.15) is 328 Å². The first-order valence-electron chi connectivity index (χ1n) is 33.2. The Hall–Kier alpha value is -1.77. The maximum Gasteiger partial charge on any atom is 0.306 e. The van der Waals surface area contributed by atoms with Crippen molar-refractivity contribution in [1.29, 1.82) is 0 Å². The van der Waals surface area contributed by atoms with Gasteiger partial charge in [0.15, 0.2) is 6.10 Å². The Morgan fingerprint density at radius 1 is 0.403 bits per heavy atom. The summed E-state index contributed by atoms with van der Waals surface area (Å²) in [5, 5.41) is 0. The fraction of sp³-hybridized carbons (Fsp3) is 0.881. The summed E-state index contributed by atoms with van der Waals surface area (Å²) in [6.07, 6.45) is 73.7. The molecule has 0 fully saturated rings. The molecular weight excluding hydrogens is 978 g/mol. The van der Waals surface area contributed by atoms with E-state index in [9.17, 15) is 19.0 Å². The molecule has 9 nitrogen and oxygen atoms in total. The molecule has 0 bridgehead atoms. The van der Waals surface area contributed by atoms with Crippen molar-refractivity contribution in [3.63, 3.8) is 0 Å². The molecule has 2 unspecified atom stereocenters. The highest BCUT2D eigenvalue weighted by molar-refractivity contribution is 7.45. The number of rotatable bonds is 62. The van der Waals surface area contributed by atoms with Crippen LogP contribution >= 0.6 is 7.82 Å². The van der Waals surface area contributed by atoms with Crippen molar-refractivity contribution in [1.82, 2.24) is 0 Å². The lowest BCUT2D eigenvalue weighted by Crippen LogP contribution is -2.37. The van der Waals surface area contributed by atoms with Gasteiger partial charge in [-0.1, -0.05) is 281 Å². The summed E-state index contributed by atoms with van der Waals surface area (Å²) < 4.78 is 34.2. The van der Waals surface area contributed by atoms with Gasteiger partial charge >= 0.3 is 11.9 Å². The van der Waals surface area contributed by atoms with Gasteiger partial charge in [-0.3, -0.25) is 14.2 Å². The smallest absolute Gasteiger partial charge is 0.306 e. The van der Waals surface area contributed by atoms with Crippen molar-refractivity contribution in [2.45, 2.75) is 335 Å². The van der Waals surface area contributed by atoms with E-state index in [-0.39, 0.29) is 32.0 Å². The van der Waals surface area contributed by atoms with Crippen LogP contribution in [0.25, 0.3) is 0 Å². The van der Waals surface area contributed by atoms with Crippen LogP contribution in [0, 0.1) is 0 Å². The summed E-state index contributed by atoms with van der Waals surface area (Å²) in [5.41, 5.74) is 0. The number of quaternary nitrogens is 1. The molecule has 454 valence electrons. The Balaban J connectivity index is 3.97. The fourth-order valence-corrected chi connectivity index (χ4v) is 10.5. The number of carbonyl (C=O) groups is 2.